The van der Waals surface area contributed by atoms with Gasteiger partial charge in [0.1, 0.15) is 0 Å². The Morgan fingerprint density at radius 2 is 1.91 bits per heavy atom. The van der Waals surface area contributed by atoms with Crippen LogP contribution in [0.25, 0.3) is 0 Å². The molecule has 1 N–H and O–H groups in total. The Hall–Kier alpha value is -1.08. The molecule has 2 aliphatic rings. The first-order valence-corrected chi connectivity index (χ1v) is 9.54. The van der Waals surface area contributed by atoms with E-state index in [1.807, 2.05) is 7.85 Å². The number of anilines is 1. The molecule has 1 aliphatic heterocycles. The second-order valence-electron chi connectivity index (χ2n) is 6.87. The smallest absolute Gasteiger partial charge is 0.324 e. The maximum atomic E-state index is 12.9. The Kier molecular flexibility index (Phi) is 5.59. The van der Waals surface area contributed by atoms with E-state index >= 15 is 0 Å². The lowest BCUT2D eigenvalue weighted by Crippen LogP contribution is -2.52. The molecule has 0 aromatic carbocycles. The van der Waals surface area contributed by atoms with Crippen molar-refractivity contribution in [1.82, 2.24) is 9.88 Å². The largest absolute Gasteiger partial charge is 0.381 e. The van der Waals surface area contributed by atoms with E-state index < -0.39 is 0 Å². The second-order valence-corrected chi connectivity index (χ2v) is 8.11. The standard InChI is InChI=1S/C16H26BN3O2S/c1-11-2-4-12(5-3-11)20(13-6-8-22-9-7-13)16(21)19-15-18-10-14(17)23-15/h10-13H,2-9,17H2,1H3,(H,18,19,21). The molecule has 0 bridgehead atoms. The highest BCUT2D eigenvalue weighted by atomic mass is 32.1. The first kappa shape index (κ1) is 16.8. The molecule has 1 aromatic heterocycles. The van der Waals surface area contributed by atoms with Crippen LogP contribution in [0.3, 0.4) is 0 Å². The molecule has 1 saturated carbocycles. The summed E-state index contributed by atoms with van der Waals surface area (Å²) >= 11 is 1.53. The predicted molar refractivity (Wildman–Crippen MR) is 96.4 cm³/mol. The van der Waals surface area contributed by atoms with E-state index in [-0.39, 0.29) is 6.03 Å². The Labute approximate surface area is 143 Å². The summed E-state index contributed by atoms with van der Waals surface area (Å²) in [7, 11) is 2.01. The summed E-state index contributed by atoms with van der Waals surface area (Å²) in [5.74, 6) is 0.785. The number of carbonyl (C=O) groups excluding carboxylic acids is 1. The zero-order valence-electron chi connectivity index (χ0n) is 14.1. The number of hydrogen-bond donors (Lipinski definition) is 1. The summed E-state index contributed by atoms with van der Waals surface area (Å²) in [6, 6.07) is 0.671. The van der Waals surface area contributed by atoms with Crippen molar-refractivity contribution in [3.05, 3.63) is 6.20 Å². The first-order chi connectivity index (χ1) is 11.1. The molecular formula is C16H26BN3O2S. The monoisotopic (exact) mass is 335 g/mol. The molecule has 0 radical (unpaired) electrons. The lowest BCUT2D eigenvalue weighted by Gasteiger charge is -2.42. The van der Waals surface area contributed by atoms with Gasteiger partial charge in [-0.05, 0) is 49.2 Å². The number of aromatic nitrogens is 1. The third kappa shape index (κ3) is 4.26. The van der Waals surface area contributed by atoms with Crippen LogP contribution in [0.1, 0.15) is 45.4 Å². The van der Waals surface area contributed by atoms with Crippen LogP contribution in [0.5, 0.6) is 0 Å². The van der Waals surface area contributed by atoms with Crippen LogP contribution in [0.2, 0.25) is 0 Å². The van der Waals surface area contributed by atoms with Gasteiger partial charge in [-0.15, -0.1) is 11.3 Å². The van der Waals surface area contributed by atoms with Crippen molar-refractivity contribution >= 4 is 35.1 Å². The Bertz CT molecular complexity index is 525. The van der Waals surface area contributed by atoms with Gasteiger partial charge in [-0.3, -0.25) is 5.32 Å². The predicted octanol–water partition coefficient (Wildman–Crippen LogP) is 1.99. The average Bonchev–Trinajstić information content (AvgIpc) is 2.95. The van der Waals surface area contributed by atoms with Crippen molar-refractivity contribution in [2.24, 2.45) is 5.92 Å². The number of amides is 2. The van der Waals surface area contributed by atoms with Gasteiger partial charge < -0.3 is 9.64 Å². The van der Waals surface area contributed by atoms with Crippen molar-refractivity contribution in [2.45, 2.75) is 57.5 Å². The molecule has 0 atom stereocenters. The van der Waals surface area contributed by atoms with Crippen LogP contribution < -0.4 is 10.1 Å². The normalized spacial score (nSPS) is 26.0. The molecule has 0 spiro atoms. The summed E-state index contributed by atoms with van der Waals surface area (Å²) in [6.45, 7) is 3.83. The van der Waals surface area contributed by atoms with Crippen LogP contribution in [0, 0.1) is 5.92 Å². The zero-order chi connectivity index (χ0) is 16.2. The maximum Gasteiger partial charge on any atom is 0.324 e. The van der Waals surface area contributed by atoms with Gasteiger partial charge in [-0.1, -0.05) is 6.92 Å². The topological polar surface area (TPSA) is 54.5 Å². The molecule has 1 saturated heterocycles. The van der Waals surface area contributed by atoms with Crippen molar-refractivity contribution in [3.8, 4) is 0 Å². The number of nitrogens with zero attached hydrogens (tertiary/aromatic N) is 2. The van der Waals surface area contributed by atoms with Crippen LogP contribution in [-0.2, 0) is 4.74 Å². The summed E-state index contributed by atoms with van der Waals surface area (Å²) in [5, 5.41) is 3.72. The van der Waals surface area contributed by atoms with Gasteiger partial charge in [0.25, 0.3) is 0 Å². The van der Waals surface area contributed by atoms with Crippen molar-refractivity contribution in [3.63, 3.8) is 0 Å². The number of carbonyl (C=O) groups is 1. The molecular weight excluding hydrogens is 309 g/mol. The number of nitrogens with one attached hydrogen (secondary N) is 1. The summed E-state index contributed by atoms with van der Waals surface area (Å²) < 4.78 is 6.60. The fraction of sp³-hybridized carbons (Fsp3) is 0.750. The minimum absolute atomic E-state index is 0.0193. The van der Waals surface area contributed by atoms with E-state index in [9.17, 15) is 4.79 Å². The molecule has 2 amide bonds. The van der Waals surface area contributed by atoms with Crippen LogP contribution in [-0.4, -0.2) is 49.1 Å². The third-order valence-corrected chi connectivity index (χ3v) is 5.86. The fourth-order valence-electron chi connectivity index (χ4n) is 3.68. The maximum absolute atomic E-state index is 12.9. The number of urea groups is 1. The van der Waals surface area contributed by atoms with Gasteiger partial charge in [0.05, 0.1) is 0 Å². The van der Waals surface area contributed by atoms with E-state index in [0.717, 1.165) is 49.6 Å². The number of rotatable bonds is 3. The van der Waals surface area contributed by atoms with Crippen molar-refractivity contribution < 1.29 is 9.53 Å². The molecule has 1 aromatic rings. The van der Waals surface area contributed by atoms with Gasteiger partial charge in [-0.2, -0.15) is 0 Å². The highest BCUT2D eigenvalue weighted by Gasteiger charge is 2.34. The highest BCUT2D eigenvalue weighted by molar-refractivity contribution is 7.23. The Balaban J connectivity index is 1.71. The summed E-state index contributed by atoms with van der Waals surface area (Å²) in [4.78, 5) is 19.3. The fourth-order valence-corrected chi connectivity index (χ4v) is 4.34. The molecule has 3 rings (SSSR count). The molecule has 2 fully saturated rings. The van der Waals surface area contributed by atoms with E-state index in [4.69, 9.17) is 4.74 Å². The molecule has 126 valence electrons. The van der Waals surface area contributed by atoms with Crippen LogP contribution >= 0.6 is 11.3 Å². The third-order valence-electron chi connectivity index (χ3n) is 5.03. The summed E-state index contributed by atoms with van der Waals surface area (Å²) in [5.41, 5.74) is 0. The van der Waals surface area contributed by atoms with Crippen LogP contribution in [0.4, 0.5) is 9.93 Å². The van der Waals surface area contributed by atoms with Gasteiger partial charge in [0.2, 0.25) is 0 Å². The lowest BCUT2D eigenvalue weighted by molar-refractivity contribution is 0.0279. The SMILES string of the molecule is Bc1cnc(NC(=O)N(C2CCOCC2)C2CCC(C)CC2)s1. The number of ether oxygens (including phenoxy) is 1. The molecule has 1 aliphatic carbocycles. The zero-order valence-corrected chi connectivity index (χ0v) is 14.9. The molecule has 2 heterocycles. The number of thiazole rings is 1. The molecule has 7 heteroatoms. The van der Waals surface area contributed by atoms with E-state index in [1.54, 1.807) is 6.20 Å². The van der Waals surface area contributed by atoms with E-state index in [1.165, 1.54) is 24.2 Å². The van der Waals surface area contributed by atoms with Crippen molar-refractivity contribution in [1.29, 1.82) is 0 Å². The lowest BCUT2D eigenvalue weighted by atomic mass is 9.85. The summed E-state index contributed by atoms with van der Waals surface area (Å²) in [6.07, 6.45) is 8.35. The van der Waals surface area contributed by atoms with E-state index in [0.29, 0.717) is 17.2 Å². The quantitative estimate of drug-likeness (QED) is 0.860. The molecule has 5 nitrogen and oxygen atoms in total. The molecule has 0 unspecified atom stereocenters. The minimum Gasteiger partial charge on any atom is -0.381 e. The molecule has 23 heavy (non-hydrogen) atoms. The average molecular weight is 335 g/mol. The van der Waals surface area contributed by atoms with Crippen molar-refractivity contribution in [2.75, 3.05) is 18.5 Å². The van der Waals surface area contributed by atoms with E-state index in [2.05, 4.69) is 22.1 Å². The van der Waals surface area contributed by atoms with Crippen LogP contribution in [0.15, 0.2) is 6.20 Å². The Morgan fingerprint density at radius 1 is 1.26 bits per heavy atom. The van der Waals surface area contributed by atoms with Gasteiger partial charge in [-0.25, -0.2) is 9.78 Å². The minimum atomic E-state index is 0.0193. The second kappa shape index (κ2) is 7.66. The number of hydrogen-bond acceptors (Lipinski definition) is 4. The highest BCUT2D eigenvalue weighted by Crippen LogP contribution is 2.31. The van der Waals surface area contributed by atoms with Gasteiger partial charge in [0, 0.05) is 31.5 Å². The van der Waals surface area contributed by atoms with Gasteiger partial charge >= 0.3 is 6.03 Å². The van der Waals surface area contributed by atoms with Gasteiger partial charge in [0.15, 0.2) is 13.0 Å². The first-order valence-electron chi connectivity index (χ1n) is 8.73. The Morgan fingerprint density at radius 3 is 2.52 bits per heavy atom.